The van der Waals surface area contributed by atoms with Crippen molar-refractivity contribution in [2.45, 2.75) is 38.6 Å². The van der Waals surface area contributed by atoms with E-state index in [1.807, 2.05) is 18.3 Å². The Morgan fingerprint density at radius 3 is 2.43 bits per heavy atom. The van der Waals surface area contributed by atoms with Gasteiger partial charge in [0, 0.05) is 34.7 Å². The number of nitrogens with zero attached hydrogens (tertiary/aromatic N) is 1. The van der Waals surface area contributed by atoms with E-state index in [4.69, 9.17) is 5.73 Å². The van der Waals surface area contributed by atoms with Gasteiger partial charge in [0.05, 0.1) is 0 Å². The van der Waals surface area contributed by atoms with E-state index in [0.29, 0.717) is 11.8 Å². The Labute approximate surface area is 135 Å². The number of nitrogens with two attached hydrogens (primary N) is 1. The van der Waals surface area contributed by atoms with Gasteiger partial charge in [-0.25, -0.2) is 0 Å². The van der Waals surface area contributed by atoms with Crippen molar-refractivity contribution in [1.82, 2.24) is 4.98 Å². The van der Waals surface area contributed by atoms with Crippen LogP contribution in [0.15, 0.2) is 53.1 Å². The van der Waals surface area contributed by atoms with Crippen LogP contribution in [-0.4, -0.2) is 11.0 Å². The maximum atomic E-state index is 6.54. The van der Waals surface area contributed by atoms with Crippen LogP contribution in [-0.2, 0) is 6.42 Å². The molecule has 3 unspecified atom stereocenters. The third-order valence-electron chi connectivity index (χ3n) is 4.14. The smallest absolute Gasteiger partial charge is 0.0420 e. The van der Waals surface area contributed by atoms with Crippen molar-refractivity contribution in [2.24, 2.45) is 11.7 Å². The Hall–Kier alpha value is -1.19. The van der Waals surface area contributed by atoms with Crippen LogP contribution in [0.1, 0.15) is 37.4 Å². The van der Waals surface area contributed by atoms with E-state index >= 15 is 0 Å². The first-order valence-corrected chi connectivity index (χ1v) is 8.32. The summed E-state index contributed by atoms with van der Waals surface area (Å²) in [7, 11) is 0. The number of benzene rings is 1. The molecular formula is C18H23BrN2. The quantitative estimate of drug-likeness (QED) is 0.833. The lowest BCUT2D eigenvalue weighted by atomic mass is 9.79. The molecule has 2 rings (SSSR count). The van der Waals surface area contributed by atoms with Crippen molar-refractivity contribution in [2.75, 3.05) is 0 Å². The van der Waals surface area contributed by atoms with Crippen LogP contribution in [0.25, 0.3) is 0 Å². The lowest BCUT2D eigenvalue weighted by Crippen LogP contribution is -2.34. The highest BCUT2D eigenvalue weighted by molar-refractivity contribution is 9.10. The van der Waals surface area contributed by atoms with Crippen molar-refractivity contribution < 1.29 is 0 Å². The molecule has 1 aromatic heterocycles. The maximum absolute atomic E-state index is 6.54. The van der Waals surface area contributed by atoms with Gasteiger partial charge in [-0.1, -0.05) is 50.6 Å². The SMILES string of the molecule is CCC(C)C(c1ccccc1)C(N)Cc1ccc(Br)cn1. The molecule has 0 radical (unpaired) electrons. The molecule has 2 nitrogen and oxygen atoms in total. The van der Waals surface area contributed by atoms with E-state index < -0.39 is 0 Å². The van der Waals surface area contributed by atoms with Gasteiger partial charge in [0.15, 0.2) is 0 Å². The zero-order chi connectivity index (χ0) is 15.2. The minimum atomic E-state index is 0.0797. The molecule has 0 aliphatic rings. The minimum Gasteiger partial charge on any atom is -0.327 e. The monoisotopic (exact) mass is 346 g/mol. The van der Waals surface area contributed by atoms with Gasteiger partial charge >= 0.3 is 0 Å². The van der Waals surface area contributed by atoms with E-state index in [1.54, 1.807) is 0 Å². The fourth-order valence-corrected chi connectivity index (χ4v) is 3.06. The highest BCUT2D eigenvalue weighted by Gasteiger charge is 2.25. The second-order valence-electron chi connectivity index (χ2n) is 5.66. The van der Waals surface area contributed by atoms with Crippen molar-refractivity contribution in [3.8, 4) is 0 Å². The summed E-state index contributed by atoms with van der Waals surface area (Å²) in [6.07, 6.45) is 3.76. The van der Waals surface area contributed by atoms with E-state index in [0.717, 1.165) is 23.0 Å². The highest BCUT2D eigenvalue weighted by atomic mass is 79.9. The molecule has 2 aromatic rings. The summed E-state index contributed by atoms with van der Waals surface area (Å²) in [4.78, 5) is 4.45. The zero-order valence-corrected chi connectivity index (χ0v) is 14.3. The van der Waals surface area contributed by atoms with Gasteiger partial charge < -0.3 is 5.73 Å². The molecule has 0 bridgehead atoms. The van der Waals surface area contributed by atoms with Crippen LogP contribution in [0.5, 0.6) is 0 Å². The number of pyridine rings is 1. The average Bonchev–Trinajstić information content (AvgIpc) is 2.50. The average molecular weight is 347 g/mol. The first kappa shape index (κ1) is 16.2. The fraction of sp³-hybridized carbons (Fsp3) is 0.389. The molecule has 0 aliphatic heterocycles. The van der Waals surface area contributed by atoms with Crippen LogP contribution in [0, 0.1) is 5.92 Å². The minimum absolute atomic E-state index is 0.0797. The van der Waals surface area contributed by atoms with Crippen LogP contribution in [0.3, 0.4) is 0 Å². The molecule has 112 valence electrons. The number of halogens is 1. The molecule has 0 spiro atoms. The van der Waals surface area contributed by atoms with Crippen LogP contribution < -0.4 is 5.73 Å². The molecule has 1 aromatic carbocycles. The fourth-order valence-electron chi connectivity index (χ4n) is 2.82. The van der Waals surface area contributed by atoms with Gasteiger partial charge in [-0.05, 0) is 39.5 Å². The van der Waals surface area contributed by atoms with Gasteiger partial charge in [0.2, 0.25) is 0 Å². The van der Waals surface area contributed by atoms with Gasteiger partial charge in [0.25, 0.3) is 0 Å². The van der Waals surface area contributed by atoms with E-state index in [9.17, 15) is 0 Å². The molecule has 0 aliphatic carbocycles. The van der Waals surface area contributed by atoms with Crippen molar-refractivity contribution in [3.05, 3.63) is 64.4 Å². The molecule has 0 saturated carbocycles. The standard InChI is InChI=1S/C18H23BrN2/c1-3-13(2)18(14-7-5-4-6-8-14)17(20)11-16-10-9-15(19)12-21-16/h4-10,12-13,17-18H,3,11,20H2,1-2H3. The topological polar surface area (TPSA) is 38.9 Å². The van der Waals surface area contributed by atoms with Crippen LogP contribution >= 0.6 is 15.9 Å². The predicted molar refractivity (Wildman–Crippen MR) is 92.3 cm³/mol. The van der Waals surface area contributed by atoms with E-state index in [-0.39, 0.29) is 6.04 Å². The summed E-state index contributed by atoms with van der Waals surface area (Å²) in [5.41, 5.74) is 8.93. The molecule has 1 heterocycles. The summed E-state index contributed by atoms with van der Waals surface area (Å²) < 4.78 is 1.00. The van der Waals surface area contributed by atoms with Gasteiger partial charge in [-0.2, -0.15) is 0 Å². The summed E-state index contributed by atoms with van der Waals surface area (Å²) in [5.74, 6) is 0.916. The number of aromatic nitrogens is 1. The molecule has 21 heavy (non-hydrogen) atoms. The molecule has 3 heteroatoms. The maximum Gasteiger partial charge on any atom is 0.0420 e. The van der Waals surface area contributed by atoms with Crippen LogP contribution in [0.2, 0.25) is 0 Å². The lowest BCUT2D eigenvalue weighted by Gasteiger charge is -2.29. The highest BCUT2D eigenvalue weighted by Crippen LogP contribution is 2.30. The second kappa shape index (κ2) is 7.71. The van der Waals surface area contributed by atoms with E-state index in [2.05, 4.69) is 65.1 Å². The van der Waals surface area contributed by atoms with Crippen molar-refractivity contribution >= 4 is 15.9 Å². The van der Waals surface area contributed by atoms with E-state index in [1.165, 1.54) is 5.56 Å². The largest absolute Gasteiger partial charge is 0.327 e. The Bertz CT molecular complexity index is 539. The van der Waals surface area contributed by atoms with Crippen molar-refractivity contribution in [1.29, 1.82) is 0 Å². The molecule has 0 amide bonds. The summed E-state index contributed by atoms with van der Waals surface area (Å²) in [6, 6.07) is 14.8. The first-order valence-electron chi connectivity index (χ1n) is 7.52. The van der Waals surface area contributed by atoms with Gasteiger partial charge in [-0.15, -0.1) is 0 Å². The Balaban J connectivity index is 2.18. The summed E-state index contributed by atoms with van der Waals surface area (Å²) >= 11 is 3.42. The van der Waals surface area contributed by atoms with Crippen molar-refractivity contribution in [3.63, 3.8) is 0 Å². The molecular weight excluding hydrogens is 324 g/mol. The lowest BCUT2D eigenvalue weighted by molar-refractivity contribution is 0.378. The third kappa shape index (κ3) is 4.39. The number of hydrogen-bond donors (Lipinski definition) is 1. The zero-order valence-electron chi connectivity index (χ0n) is 12.7. The molecule has 0 saturated heterocycles. The van der Waals surface area contributed by atoms with Gasteiger partial charge in [-0.3, -0.25) is 4.98 Å². The molecule has 2 N–H and O–H groups in total. The first-order chi connectivity index (χ1) is 10.1. The second-order valence-corrected chi connectivity index (χ2v) is 6.57. The Kier molecular flexibility index (Phi) is 5.95. The Morgan fingerprint density at radius 2 is 1.86 bits per heavy atom. The summed E-state index contributed by atoms with van der Waals surface area (Å²) in [5, 5.41) is 0. The summed E-state index contributed by atoms with van der Waals surface area (Å²) in [6.45, 7) is 4.51. The molecule has 0 fully saturated rings. The predicted octanol–water partition coefficient (Wildman–Crippen LogP) is 4.54. The van der Waals surface area contributed by atoms with Crippen LogP contribution in [0.4, 0.5) is 0 Å². The number of hydrogen-bond acceptors (Lipinski definition) is 2. The van der Waals surface area contributed by atoms with Gasteiger partial charge in [0.1, 0.15) is 0 Å². The number of rotatable bonds is 6. The molecule has 3 atom stereocenters. The third-order valence-corrected chi connectivity index (χ3v) is 4.61. The normalized spacial score (nSPS) is 15.4. The Morgan fingerprint density at radius 1 is 1.14 bits per heavy atom.